The Kier molecular flexibility index (Phi) is 4.36. The standard InChI is InChI=1S/C15H14FN5O2S/c1-20(10-12-4-2-5-13(16)8-12)24(22,23)15-7-3-6-14(9-15)21-11-17-18-19-21/h2-9,11H,10H2,1H3. The van der Waals surface area contributed by atoms with Crippen molar-refractivity contribution in [1.82, 2.24) is 24.5 Å². The fraction of sp³-hybridized carbons (Fsp3) is 0.133. The summed E-state index contributed by atoms with van der Waals surface area (Å²) < 4.78 is 41.2. The maximum absolute atomic E-state index is 13.3. The van der Waals surface area contributed by atoms with Gasteiger partial charge in [-0.05, 0) is 46.3 Å². The minimum Gasteiger partial charge on any atom is -0.207 e. The predicted molar refractivity (Wildman–Crippen MR) is 84.2 cm³/mol. The first-order chi connectivity index (χ1) is 11.5. The smallest absolute Gasteiger partial charge is 0.207 e. The summed E-state index contributed by atoms with van der Waals surface area (Å²) in [5, 5.41) is 10.8. The minimum atomic E-state index is -3.73. The third-order valence-corrected chi connectivity index (χ3v) is 5.23. The Morgan fingerprint density at radius 1 is 1.17 bits per heavy atom. The average Bonchev–Trinajstić information content (AvgIpc) is 3.09. The zero-order chi connectivity index (χ0) is 17.2. The number of benzene rings is 2. The third-order valence-electron chi connectivity index (χ3n) is 3.43. The van der Waals surface area contributed by atoms with Crippen LogP contribution in [0.2, 0.25) is 0 Å². The van der Waals surface area contributed by atoms with Crippen molar-refractivity contribution < 1.29 is 12.8 Å². The SMILES string of the molecule is CN(Cc1cccc(F)c1)S(=O)(=O)c1cccc(-n2cnnn2)c1. The van der Waals surface area contributed by atoms with Gasteiger partial charge in [-0.1, -0.05) is 18.2 Å². The minimum absolute atomic E-state index is 0.0647. The van der Waals surface area contributed by atoms with E-state index in [9.17, 15) is 12.8 Å². The number of hydrogen-bond acceptors (Lipinski definition) is 5. The first-order valence-electron chi connectivity index (χ1n) is 7.01. The van der Waals surface area contributed by atoms with Gasteiger partial charge in [0.25, 0.3) is 0 Å². The molecule has 0 saturated carbocycles. The molecule has 0 aliphatic carbocycles. The van der Waals surface area contributed by atoms with Gasteiger partial charge in [-0.3, -0.25) is 0 Å². The lowest BCUT2D eigenvalue weighted by Gasteiger charge is -2.17. The molecule has 0 fully saturated rings. The number of rotatable bonds is 5. The second kappa shape index (κ2) is 6.46. The zero-order valence-electron chi connectivity index (χ0n) is 12.7. The van der Waals surface area contributed by atoms with Gasteiger partial charge in [0, 0.05) is 13.6 Å². The number of tetrazole rings is 1. The number of nitrogens with zero attached hydrogens (tertiary/aromatic N) is 5. The van der Waals surface area contributed by atoms with E-state index in [1.165, 1.54) is 46.6 Å². The van der Waals surface area contributed by atoms with Crippen molar-refractivity contribution in [2.75, 3.05) is 7.05 Å². The molecular formula is C15H14FN5O2S. The molecule has 0 spiro atoms. The van der Waals surface area contributed by atoms with Gasteiger partial charge in [-0.2, -0.15) is 4.31 Å². The first kappa shape index (κ1) is 16.2. The highest BCUT2D eigenvalue weighted by Crippen LogP contribution is 2.19. The molecule has 0 unspecified atom stereocenters. The molecule has 2 aromatic carbocycles. The Labute approximate surface area is 138 Å². The van der Waals surface area contributed by atoms with Gasteiger partial charge >= 0.3 is 0 Å². The molecule has 0 saturated heterocycles. The van der Waals surface area contributed by atoms with Gasteiger partial charge in [0.1, 0.15) is 12.1 Å². The molecule has 0 radical (unpaired) electrons. The van der Waals surface area contributed by atoms with E-state index in [0.29, 0.717) is 11.3 Å². The summed E-state index contributed by atoms with van der Waals surface area (Å²) in [6, 6.07) is 12.1. The van der Waals surface area contributed by atoms with E-state index in [-0.39, 0.29) is 11.4 Å². The van der Waals surface area contributed by atoms with Crippen LogP contribution in [0.3, 0.4) is 0 Å². The molecule has 0 atom stereocenters. The summed E-state index contributed by atoms with van der Waals surface area (Å²) >= 11 is 0. The Morgan fingerprint density at radius 2 is 1.96 bits per heavy atom. The molecule has 7 nitrogen and oxygen atoms in total. The van der Waals surface area contributed by atoms with Crippen LogP contribution in [0.15, 0.2) is 59.8 Å². The van der Waals surface area contributed by atoms with Gasteiger partial charge in [0.2, 0.25) is 10.0 Å². The van der Waals surface area contributed by atoms with Crippen LogP contribution in [-0.2, 0) is 16.6 Å². The van der Waals surface area contributed by atoms with Crippen LogP contribution >= 0.6 is 0 Å². The third kappa shape index (κ3) is 3.31. The highest BCUT2D eigenvalue weighted by Gasteiger charge is 2.21. The lowest BCUT2D eigenvalue weighted by molar-refractivity contribution is 0.465. The van der Waals surface area contributed by atoms with E-state index in [4.69, 9.17) is 0 Å². The molecule has 0 aliphatic heterocycles. The summed E-state index contributed by atoms with van der Waals surface area (Å²) in [5.74, 6) is -0.404. The Hall–Kier alpha value is -2.65. The lowest BCUT2D eigenvalue weighted by Crippen LogP contribution is -2.26. The Morgan fingerprint density at radius 3 is 2.67 bits per heavy atom. The number of aromatic nitrogens is 4. The Balaban J connectivity index is 1.88. The van der Waals surface area contributed by atoms with Crippen LogP contribution in [0.25, 0.3) is 5.69 Å². The van der Waals surface area contributed by atoms with Gasteiger partial charge in [-0.25, -0.2) is 17.5 Å². The van der Waals surface area contributed by atoms with E-state index >= 15 is 0 Å². The maximum atomic E-state index is 13.3. The molecule has 0 N–H and O–H groups in total. The topological polar surface area (TPSA) is 81.0 Å². The van der Waals surface area contributed by atoms with Gasteiger partial charge in [0.15, 0.2) is 0 Å². The van der Waals surface area contributed by atoms with E-state index < -0.39 is 15.8 Å². The van der Waals surface area contributed by atoms with Gasteiger partial charge in [-0.15, -0.1) is 5.10 Å². The van der Waals surface area contributed by atoms with Crippen molar-refractivity contribution in [2.24, 2.45) is 0 Å². The van der Waals surface area contributed by atoms with Crippen molar-refractivity contribution in [1.29, 1.82) is 0 Å². The molecule has 124 valence electrons. The fourth-order valence-corrected chi connectivity index (χ4v) is 3.42. The summed E-state index contributed by atoms with van der Waals surface area (Å²) in [4.78, 5) is 0.106. The van der Waals surface area contributed by atoms with Gasteiger partial charge < -0.3 is 0 Å². The van der Waals surface area contributed by atoms with Crippen LogP contribution < -0.4 is 0 Å². The summed E-state index contributed by atoms with van der Waals surface area (Å²) in [7, 11) is -2.29. The van der Waals surface area contributed by atoms with Crippen molar-refractivity contribution in [3.05, 3.63) is 66.2 Å². The number of hydrogen-bond donors (Lipinski definition) is 0. The van der Waals surface area contributed by atoms with Crippen LogP contribution in [0.5, 0.6) is 0 Å². The number of halogens is 1. The normalized spacial score (nSPS) is 11.8. The molecule has 24 heavy (non-hydrogen) atoms. The molecule has 9 heteroatoms. The van der Waals surface area contributed by atoms with E-state index in [0.717, 1.165) is 0 Å². The quantitative estimate of drug-likeness (QED) is 0.701. The molecule has 0 amide bonds. The van der Waals surface area contributed by atoms with E-state index in [1.54, 1.807) is 24.3 Å². The van der Waals surface area contributed by atoms with Crippen LogP contribution in [0.4, 0.5) is 4.39 Å². The van der Waals surface area contributed by atoms with Crippen molar-refractivity contribution in [3.63, 3.8) is 0 Å². The molecule has 0 bridgehead atoms. The predicted octanol–water partition coefficient (Wildman–Crippen LogP) is 1.62. The maximum Gasteiger partial charge on any atom is 0.243 e. The highest BCUT2D eigenvalue weighted by atomic mass is 32.2. The molecule has 1 aromatic heterocycles. The number of sulfonamides is 1. The molecular weight excluding hydrogens is 333 g/mol. The second-order valence-electron chi connectivity index (χ2n) is 5.14. The summed E-state index contributed by atoms with van der Waals surface area (Å²) in [6.45, 7) is 0.0647. The zero-order valence-corrected chi connectivity index (χ0v) is 13.6. The van der Waals surface area contributed by atoms with Crippen LogP contribution in [-0.4, -0.2) is 40.0 Å². The molecule has 0 aliphatic rings. The van der Waals surface area contributed by atoms with Gasteiger partial charge in [0.05, 0.1) is 10.6 Å². The highest BCUT2D eigenvalue weighted by molar-refractivity contribution is 7.89. The van der Waals surface area contributed by atoms with E-state index in [1.807, 2.05) is 0 Å². The monoisotopic (exact) mass is 347 g/mol. The van der Waals surface area contributed by atoms with Crippen LogP contribution in [0, 0.1) is 5.82 Å². The molecule has 3 rings (SSSR count). The van der Waals surface area contributed by atoms with Crippen molar-refractivity contribution in [2.45, 2.75) is 11.4 Å². The fourth-order valence-electron chi connectivity index (χ4n) is 2.22. The Bertz CT molecular complexity index is 944. The van der Waals surface area contributed by atoms with Crippen molar-refractivity contribution >= 4 is 10.0 Å². The molecule has 3 aromatic rings. The van der Waals surface area contributed by atoms with E-state index in [2.05, 4.69) is 15.5 Å². The summed E-state index contributed by atoms with van der Waals surface area (Å²) in [5.41, 5.74) is 1.10. The van der Waals surface area contributed by atoms with Crippen molar-refractivity contribution in [3.8, 4) is 5.69 Å². The lowest BCUT2D eigenvalue weighted by atomic mass is 10.2. The average molecular weight is 347 g/mol. The summed E-state index contributed by atoms with van der Waals surface area (Å²) in [6.07, 6.45) is 1.38. The largest absolute Gasteiger partial charge is 0.243 e. The van der Waals surface area contributed by atoms with Crippen LogP contribution in [0.1, 0.15) is 5.56 Å². The first-order valence-corrected chi connectivity index (χ1v) is 8.45. The molecule has 1 heterocycles. The second-order valence-corrected chi connectivity index (χ2v) is 7.19.